The average Bonchev–Trinajstić information content (AvgIpc) is 3.30. The van der Waals surface area contributed by atoms with E-state index in [1.54, 1.807) is 43.3 Å². The van der Waals surface area contributed by atoms with Gasteiger partial charge in [0.1, 0.15) is 61.2 Å². The van der Waals surface area contributed by atoms with E-state index in [0.29, 0.717) is 63.2 Å². The largest absolute Gasteiger partial charge is 0.493 e. The van der Waals surface area contributed by atoms with Gasteiger partial charge in [0, 0.05) is 49.4 Å². The van der Waals surface area contributed by atoms with Crippen LogP contribution in [0, 0.1) is 23.7 Å². The van der Waals surface area contributed by atoms with Crippen molar-refractivity contribution in [3.63, 3.8) is 0 Å². The monoisotopic (exact) mass is 919 g/mol. The number of hydrogen-bond donors (Lipinski definition) is 7. The number of aromatic nitrogens is 2. The van der Waals surface area contributed by atoms with Crippen molar-refractivity contribution in [1.82, 2.24) is 36.1 Å². The molecule has 0 radical (unpaired) electrons. The lowest BCUT2D eigenvalue weighted by Crippen LogP contribution is -2.56. The van der Waals surface area contributed by atoms with Crippen LogP contribution in [-0.2, 0) is 25.6 Å². The van der Waals surface area contributed by atoms with Gasteiger partial charge >= 0.3 is 0 Å². The lowest BCUT2D eigenvalue weighted by molar-refractivity contribution is -0.141. The quantitative estimate of drug-likeness (QED) is 0.0747. The number of benzene rings is 3. The van der Waals surface area contributed by atoms with Gasteiger partial charge < -0.3 is 57.6 Å². The van der Waals surface area contributed by atoms with Gasteiger partial charge in [-0.15, -0.1) is 0 Å². The minimum Gasteiger partial charge on any atom is -0.493 e. The van der Waals surface area contributed by atoms with Crippen molar-refractivity contribution in [3.8, 4) is 45.8 Å². The lowest BCUT2D eigenvalue weighted by Gasteiger charge is -2.32. The van der Waals surface area contributed by atoms with E-state index in [1.165, 1.54) is 25.1 Å². The van der Waals surface area contributed by atoms with E-state index in [9.17, 15) is 24.0 Å². The Balaban J connectivity index is 1.52. The summed E-state index contributed by atoms with van der Waals surface area (Å²) in [5.74, 6) is -1.56. The summed E-state index contributed by atoms with van der Waals surface area (Å²) >= 11 is 0. The maximum absolute atomic E-state index is 14.7. The van der Waals surface area contributed by atoms with Crippen LogP contribution in [0.15, 0.2) is 66.9 Å². The van der Waals surface area contributed by atoms with Crippen LogP contribution in [0.2, 0.25) is 0 Å². The van der Waals surface area contributed by atoms with Crippen molar-refractivity contribution in [2.75, 3.05) is 53.0 Å². The molecule has 5 rings (SSSR count). The zero-order valence-electron chi connectivity index (χ0n) is 38.8. The average molecular weight is 920 g/mol. The fourth-order valence-corrected chi connectivity index (χ4v) is 7.19. The molecule has 356 valence electrons. The number of nitrogens with zero attached hydrogens (tertiary/aromatic N) is 4. The Labute approximate surface area is 390 Å². The van der Waals surface area contributed by atoms with E-state index >= 15 is 0 Å². The van der Waals surface area contributed by atoms with Gasteiger partial charge in [-0.1, -0.05) is 32.9 Å². The number of nitriles is 1. The van der Waals surface area contributed by atoms with Gasteiger partial charge in [0.25, 0.3) is 5.91 Å². The minimum atomic E-state index is -1.41. The molecule has 19 nitrogen and oxygen atoms in total. The Bertz CT molecular complexity index is 2450. The van der Waals surface area contributed by atoms with Crippen molar-refractivity contribution >= 4 is 29.5 Å². The fourth-order valence-electron chi connectivity index (χ4n) is 7.19. The molecule has 1 aliphatic rings. The van der Waals surface area contributed by atoms with Crippen LogP contribution in [0.4, 0.5) is 0 Å². The normalized spacial score (nSPS) is 16.5. The van der Waals surface area contributed by atoms with Gasteiger partial charge in [0.2, 0.25) is 23.6 Å². The van der Waals surface area contributed by atoms with Crippen molar-refractivity contribution in [2.24, 2.45) is 22.6 Å². The Kier molecular flexibility index (Phi) is 17.7. The molecule has 0 aliphatic carbocycles. The molecular weight excluding hydrogens is 859 g/mol. The summed E-state index contributed by atoms with van der Waals surface area (Å²) in [5, 5.41) is 19.9. The van der Waals surface area contributed by atoms with E-state index in [-0.39, 0.29) is 63.2 Å². The fraction of sp³-hybridized carbons (Fsp3) is 0.417. The number of amides is 5. The SMILES string of the molecule is Cc1nc(-c2ccc(OCC(C)(C)C)cc2)ncc1C(=O)N[C@@H](CCN)C(=O)N(C)[C@@H]1C(=O)N[C@@H](C)C(=O)N[C@H](C(=O)NCC#N)Cc2ccc(OCCN)c(c2)-c2cc1ccc2OCCN. The number of aryl methyl sites for hydroxylation is 1. The molecule has 0 fully saturated rings. The molecule has 0 saturated carbocycles. The molecule has 0 spiro atoms. The van der Waals surface area contributed by atoms with Gasteiger partial charge in [0.15, 0.2) is 5.82 Å². The van der Waals surface area contributed by atoms with Crippen LogP contribution in [0.5, 0.6) is 17.2 Å². The first-order valence-corrected chi connectivity index (χ1v) is 22.0. The number of nitrogens with two attached hydrogens (primary N) is 3. The molecule has 3 aromatic carbocycles. The number of rotatable bonds is 17. The number of ether oxygens (including phenoxy) is 3. The number of fused-ring (bicyclic) bond motifs is 5. The summed E-state index contributed by atoms with van der Waals surface area (Å²) in [6.07, 6.45) is 1.37. The highest BCUT2D eigenvalue weighted by Gasteiger charge is 2.36. The van der Waals surface area contributed by atoms with E-state index in [4.69, 9.17) is 36.7 Å². The third-order valence-corrected chi connectivity index (χ3v) is 10.6. The van der Waals surface area contributed by atoms with E-state index in [1.807, 2.05) is 30.3 Å². The predicted molar refractivity (Wildman–Crippen MR) is 250 cm³/mol. The van der Waals surface area contributed by atoms with Crippen LogP contribution < -0.4 is 52.7 Å². The maximum atomic E-state index is 14.7. The Morgan fingerprint density at radius 1 is 0.910 bits per heavy atom. The second-order valence-corrected chi connectivity index (χ2v) is 17.3. The highest BCUT2D eigenvalue weighted by atomic mass is 16.5. The highest BCUT2D eigenvalue weighted by Crippen LogP contribution is 2.40. The first-order valence-electron chi connectivity index (χ1n) is 22.0. The van der Waals surface area contributed by atoms with Crippen molar-refractivity contribution in [3.05, 3.63) is 89.2 Å². The molecule has 0 saturated heterocycles. The maximum Gasteiger partial charge on any atom is 0.255 e. The Morgan fingerprint density at radius 2 is 1.57 bits per heavy atom. The second-order valence-electron chi connectivity index (χ2n) is 17.3. The number of carbonyl (C=O) groups excluding carboxylic acids is 5. The first-order chi connectivity index (χ1) is 32.0. The van der Waals surface area contributed by atoms with Crippen molar-refractivity contribution in [1.29, 1.82) is 5.26 Å². The third kappa shape index (κ3) is 13.5. The molecule has 4 bridgehead atoms. The van der Waals surface area contributed by atoms with Gasteiger partial charge in [-0.2, -0.15) is 5.26 Å². The van der Waals surface area contributed by atoms with Crippen LogP contribution in [0.3, 0.4) is 0 Å². The van der Waals surface area contributed by atoms with Gasteiger partial charge in [0.05, 0.1) is 23.9 Å². The topological polar surface area (TPSA) is 292 Å². The molecule has 2 heterocycles. The summed E-state index contributed by atoms with van der Waals surface area (Å²) in [4.78, 5) is 80.4. The number of carbonyl (C=O) groups is 5. The van der Waals surface area contributed by atoms with Crippen LogP contribution in [0.1, 0.15) is 67.3 Å². The summed E-state index contributed by atoms with van der Waals surface area (Å²) in [7, 11) is 1.41. The van der Waals surface area contributed by atoms with E-state index in [0.717, 1.165) is 0 Å². The molecule has 0 unspecified atom stereocenters. The molecule has 10 N–H and O–H groups in total. The molecule has 19 heteroatoms. The first kappa shape index (κ1) is 50.9. The molecule has 1 aromatic heterocycles. The third-order valence-electron chi connectivity index (χ3n) is 10.6. The molecule has 4 atom stereocenters. The number of nitrogens with one attached hydrogen (secondary N) is 4. The Hall–Kier alpha value is -7.14. The van der Waals surface area contributed by atoms with Crippen LogP contribution in [-0.4, -0.2) is 116 Å². The molecular formula is C48H61N11O8. The van der Waals surface area contributed by atoms with Crippen molar-refractivity contribution < 1.29 is 38.2 Å². The molecule has 5 amide bonds. The molecule has 4 aromatic rings. The van der Waals surface area contributed by atoms with E-state index in [2.05, 4.69) is 52.0 Å². The lowest BCUT2D eigenvalue weighted by atomic mass is 9.93. The zero-order chi connectivity index (χ0) is 48.8. The van der Waals surface area contributed by atoms with Crippen LogP contribution >= 0.6 is 0 Å². The number of likely N-dealkylation sites (N-methyl/N-ethyl adjacent to an activating group) is 1. The summed E-state index contributed by atoms with van der Waals surface area (Å²) < 4.78 is 18.1. The molecule has 67 heavy (non-hydrogen) atoms. The summed E-state index contributed by atoms with van der Waals surface area (Å²) in [6.45, 7) is 10.2. The number of hydrogen-bond acceptors (Lipinski definition) is 14. The predicted octanol–water partition coefficient (Wildman–Crippen LogP) is 2.05. The van der Waals surface area contributed by atoms with Gasteiger partial charge in [-0.25, -0.2) is 9.97 Å². The van der Waals surface area contributed by atoms with Gasteiger partial charge in [-0.3, -0.25) is 24.0 Å². The van der Waals surface area contributed by atoms with Crippen molar-refractivity contribution in [2.45, 2.75) is 71.6 Å². The van der Waals surface area contributed by atoms with Gasteiger partial charge in [-0.05, 0) is 91.9 Å². The molecule has 1 aliphatic heterocycles. The second kappa shape index (κ2) is 23.4. The standard InChI is InChI=1S/C48H61N11O8/c1-28-36(26-54-42(55-28)31-8-11-33(12-9-31)67-27-48(3,4)5)44(61)57-37(15-16-49)47(64)59(6)41-32-10-14-40(66-22-19-52)35(25-32)34-23-30(7-13-39(34)65-21-18-51)24-38(45(62)53-20-17-50)58-43(60)29(2)56-46(41)63/h7-14,23,25-26,29,37-38,41H,15-16,18-22,24,27,49,51-52H2,1-6H3,(H,53,62)(H,56,63)(H,57,61)(H,58,60)/t29-,37-,38-,41-/m0/s1. The summed E-state index contributed by atoms with van der Waals surface area (Å²) in [5.41, 5.74) is 20.7. The zero-order valence-corrected chi connectivity index (χ0v) is 38.8. The van der Waals surface area contributed by atoms with Crippen LogP contribution in [0.25, 0.3) is 22.5 Å². The highest BCUT2D eigenvalue weighted by molar-refractivity contribution is 6.00. The smallest absolute Gasteiger partial charge is 0.255 e. The minimum absolute atomic E-state index is 0.00192. The van der Waals surface area contributed by atoms with E-state index < -0.39 is 53.7 Å². The Morgan fingerprint density at radius 3 is 2.18 bits per heavy atom. The summed E-state index contributed by atoms with van der Waals surface area (Å²) in [6, 6.07) is 14.3.